The number of hydrogen-bond acceptors (Lipinski definition) is 1. The highest BCUT2D eigenvalue weighted by molar-refractivity contribution is 9.10. The van der Waals surface area contributed by atoms with Gasteiger partial charge in [0.1, 0.15) is 0 Å². The van der Waals surface area contributed by atoms with Gasteiger partial charge in [0.25, 0.3) is 0 Å². The molecule has 0 spiro atoms. The van der Waals surface area contributed by atoms with Gasteiger partial charge in [0.2, 0.25) is 0 Å². The average Bonchev–Trinajstić information content (AvgIpc) is 2.63. The van der Waals surface area contributed by atoms with Crippen molar-refractivity contribution in [1.29, 1.82) is 0 Å². The van der Waals surface area contributed by atoms with E-state index in [9.17, 15) is 0 Å². The van der Waals surface area contributed by atoms with Crippen LogP contribution in [0.15, 0.2) is 83.3 Å². The molecule has 122 valence electrons. The Kier molecular flexibility index (Phi) is 6.11. The quantitative estimate of drug-likeness (QED) is 0.389. The van der Waals surface area contributed by atoms with Gasteiger partial charge in [-0.05, 0) is 28.8 Å². The summed E-state index contributed by atoms with van der Waals surface area (Å²) in [6.07, 6.45) is 0. The molecule has 0 aromatic heterocycles. The molecule has 0 radical (unpaired) electrons. The Labute approximate surface area is 160 Å². The van der Waals surface area contributed by atoms with Crippen LogP contribution < -0.4 is 4.90 Å². The normalized spacial score (nSPS) is 10.6. The van der Waals surface area contributed by atoms with Gasteiger partial charge in [-0.1, -0.05) is 98.6 Å². The van der Waals surface area contributed by atoms with E-state index in [1.54, 1.807) is 0 Å². The predicted molar refractivity (Wildman–Crippen MR) is 110 cm³/mol. The first kappa shape index (κ1) is 17.2. The fraction of sp³-hybridized carbons (Fsp3) is 0.143. The van der Waals surface area contributed by atoms with E-state index in [4.69, 9.17) is 0 Å². The maximum absolute atomic E-state index is 3.69. The van der Waals surface area contributed by atoms with Crippen LogP contribution in [0.1, 0.15) is 16.7 Å². The zero-order valence-corrected chi connectivity index (χ0v) is 16.5. The van der Waals surface area contributed by atoms with Crippen LogP contribution in [0.3, 0.4) is 0 Å². The van der Waals surface area contributed by atoms with Gasteiger partial charge in [-0.3, -0.25) is 0 Å². The lowest BCUT2D eigenvalue weighted by atomic mass is 10.1. The zero-order chi connectivity index (χ0) is 16.8. The molecule has 0 saturated heterocycles. The van der Waals surface area contributed by atoms with E-state index >= 15 is 0 Å². The smallest absolute Gasteiger partial charge is 0.0433 e. The Morgan fingerprint density at radius 1 is 0.708 bits per heavy atom. The Morgan fingerprint density at radius 2 is 1.25 bits per heavy atom. The molecule has 0 aliphatic heterocycles. The molecule has 1 nitrogen and oxygen atoms in total. The monoisotopic (exact) mass is 443 g/mol. The van der Waals surface area contributed by atoms with Crippen LogP contribution in [0.4, 0.5) is 5.69 Å². The van der Waals surface area contributed by atoms with Crippen molar-refractivity contribution in [2.24, 2.45) is 0 Å². The van der Waals surface area contributed by atoms with E-state index in [0.717, 1.165) is 22.9 Å². The van der Waals surface area contributed by atoms with Gasteiger partial charge in [0, 0.05) is 28.6 Å². The van der Waals surface area contributed by atoms with Crippen molar-refractivity contribution in [3.63, 3.8) is 0 Å². The molecule has 0 fully saturated rings. The molecule has 0 aliphatic rings. The van der Waals surface area contributed by atoms with Crippen molar-refractivity contribution in [2.75, 3.05) is 4.90 Å². The third kappa shape index (κ3) is 4.49. The van der Waals surface area contributed by atoms with Gasteiger partial charge >= 0.3 is 0 Å². The van der Waals surface area contributed by atoms with Gasteiger partial charge in [-0.25, -0.2) is 0 Å². The second kappa shape index (κ2) is 8.50. The molecule has 3 rings (SSSR count). The summed E-state index contributed by atoms with van der Waals surface area (Å²) < 4.78 is 1.14. The minimum absolute atomic E-state index is 0.852. The van der Waals surface area contributed by atoms with E-state index in [2.05, 4.69) is 116 Å². The molecule has 3 aromatic carbocycles. The highest BCUT2D eigenvalue weighted by Crippen LogP contribution is 2.28. The van der Waals surface area contributed by atoms with Crippen LogP contribution in [0.25, 0.3) is 0 Å². The van der Waals surface area contributed by atoms with Crippen molar-refractivity contribution in [3.8, 4) is 0 Å². The van der Waals surface area contributed by atoms with Gasteiger partial charge < -0.3 is 4.90 Å². The van der Waals surface area contributed by atoms with Crippen molar-refractivity contribution in [3.05, 3.63) is 100 Å². The number of anilines is 1. The largest absolute Gasteiger partial charge is 0.363 e. The van der Waals surface area contributed by atoms with E-state index in [0.29, 0.717) is 0 Å². The molecule has 3 heteroatoms. The predicted octanol–water partition coefficient (Wildman–Crippen LogP) is 6.55. The summed E-state index contributed by atoms with van der Waals surface area (Å²) in [5.41, 5.74) is 5.11. The summed E-state index contributed by atoms with van der Waals surface area (Å²) in [6.45, 7) is 1.77. The molecule has 0 unspecified atom stereocenters. The molecule has 3 aromatic rings. The Bertz CT molecular complexity index is 731. The summed E-state index contributed by atoms with van der Waals surface area (Å²) in [7, 11) is 0. The highest BCUT2D eigenvalue weighted by Gasteiger charge is 2.10. The summed E-state index contributed by atoms with van der Waals surface area (Å²) in [4.78, 5) is 2.41. The lowest BCUT2D eigenvalue weighted by Gasteiger charge is -2.26. The number of nitrogens with zero attached hydrogens (tertiary/aromatic N) is 1. The lowest BCUT2D eigenvalue weighted by molar-refractivity contribution is 0.799. The standard InChI is InChI=1S/C21H19Br2N/c22-14-19-11-12-20(13-21(19)23)24(15-17-7-3-1-4-8-17)16-18-9-5-2-6-10-18/h1-13H,14-16H2. The number of rotatable bonds is 6. The first-order valence-electron chi connectivity index (χ1n) is 7.93. The molecule has 0 N–H and O–H groups in total. The maximum atomic E-state index is 3.69. The minimum Gasteiger partial charge on any atom is -0.363 e. The second-order valence-corrected chi connectivity index (χ2v) is 7.15. The first-order chi connectivity index (χ1) is 11.8. The molecular formula is C21H19Br2N. The van der Waals surface area contributed by atoms with Gasteiger partial charge in [-0.2, -0.15) is 0 Å². The minimum atomic E-state index is 0.852. The van der Waals surface area contributed by atoms with Crippen molar-refractivity contribution >= 4 is 37.5 Å². The number of alkyl halides is 1. The van der Waals surface area contributed by atoms with Crippen molar-refractivity contribution in [1.82, 2.24) is 0 Å². The van der Waals surface area contributed by atoms with Gasteiger partial charge in [0.15, 0.2) is 0 Å². The molecule has 0 bridgehead atoms. The van der Waals surface area contributed by atoms with Gasteiger partial charge in [0.05, 0.1) is 0 Å². The lowest BCUT2D eigenvalue weighted by Crippen LogP contribution is -2.22. The molecule has 0 atom stereocenters. The number of hydrogen-bond donors (Lipinski definition) is 0. The van der Waals surface area contributed by atoms with Crippen molar-refractivity contribution < 1.29 is 0 Å². The summed E-state index contributed by atoms with van der Waals surface area (Å²) >= 11 is 7.22. The van der Waals surface area contributed by atoms with Crippen LogP contribution in [-0.2, 0) is 18.4 Å². The Morgan fingerprint density at radius 3 is 1.71 bits per heavy atom. The third-order valence-electron chi connectivity index (χ3n) is 3.98. The third-order valence-corrected chi connectivity index (χ3v) is 5.32. The van der Waals surface area contributed by atoms with E-state index in [-0.39, 0.29) is 0 Å². The second-order valence-electron chi connectivity index (χ2n) is 5.74. The summed E-state index contributed by atoms with van der Waals surface area (Å²) in [6, 6.07) is 27.8. The molecule has 0 saturated carbocycles. The fourth-order valence-electron chi connectivity index (χ4n) is 2.69. The van der Waals surface area contributed by atoms with E-state index in [1.807, 2.05) is 0 Å². The van der Waals surface area contributed by atoms with E-state index < -0.39 is 0 Å². The molecule has 0 aliphatic carbocycles. The zero-order valence-electron chi connectivity index (χ0n) is 13.3. The van der Waals surface area contributed by atoms with Crippen LogP contribution in [0.2, 0.25) is 0 Å². The van der Waals surface area contributed by atoms with E-state index in [1.165, 1.54) is 22.4 Å². The van der Waals surface area contributed by atoms with Gasteiger partial charge in [-0.15, -0.1) is 0 Å². The van der Waals surface area contributed by atoms with Crippen molar-refractivity contribution in [2.45, 2.75) is 18.4 Å². The molecule has 0 heterocycles. The molecule has 0 amide bonds. The fourth-order valence-corrected chi connectivity index (χ4v) is 4.06. The van der Waals surface area contributed by atoms with Crippen LogP contribution >= 0.6 is 31.9 Å². The van der Waals surface area contributed by atoms with Crippen LogP contribution in [0.5, 0.6) is 0 Å². The summed E-state index contributed by atoms with van der Waals surface area (Å²) in [5, 5.41) is 0.852. The number of halogens is 2. The number of benzene rings is 3. The first-order valence-corrected chi connectivity index (χ1v) is 9.85. The Hall–Kier alpha value is -1.58. The van der Waals surface area contributed by atoms with Crippen LogP contribution in [-0.4, -0.2) is 0 Å². The molecule has 24 heavy (non-hydrogen) atoms. The highest BCUT2D eigenvalue weighted by atomic mass is 79.9. The maximum Gasteiger partial charge on any atom is 0.0433 e. The molecular weight excluding hydrogens is 426 g/mol. The average molecular weight is 445 g/mol. The topological polar surface area (TPSA) is 3.24 Å². The Balaban J connectivity index is 1.90. The van der Waals surface area contributed by atoms with Crippen LogP contribution in [0, 0.1) is 0 Å². The SMILES string of the molecule is BrCc1ccc(N(Cc2ccccc2)Cc2ccccc2)cc1Br. The summed E-state index contributed by atoms with van der Waals surface area (Å²) in [5.74, 6) is 0.